The van der Waals surface area contributed by atoms with Gasteiger partial charge in [0.1, 0.15) is 5.82 Å². The molecule has 1 aromatic rings. The van der Waals surface area contributed by atoms with Crippen LogP contribution in [0.5, 0.6) is 0 Å². The molecule has 0 unspecified atom stereocenters. The van der Waals surface area contributed by atoms with E-state index in [1.165, 1.54) is 10.4 Å². The minimum Gasteiger partial charge on any atom is -0.207 e. The maximum atomic E-state index is 13.7. The lowest BCUT2D eigenvalue weighted by molar-refractivity contribution is 0.423. The first-order chi connectivity index (χ1) is 9.46. The summed E-state index contributed by atoms with van der Waals surface area (Å²) in [4.78, 5) is -0.0723. The summed E-state index contributed by atoms with van der Waals surface area (Å²) in [6, 6.07) is 2.33. The van der Waals surface area contributed by atoms with Crippen molar-refractivity contribution in [1.82, 2.24) is 4.31 Å². The molecule has 0 saturated carbocycles. The van der Waals surface area contributed by atoms with Crippen LogP contribution in [0.1, 0.15) is 31.2 Å². The molecule has 0 aromatic heterocycles. The summed E-state index contributed by atoms with van der Waals surface area (Å²) in [6.07, 6.45) is 3.71. The molecule has 0 bridgehead atoms. The van der Waals surface area contributed by atoms with Crippen molar-refractivity contribution in [1.29, 1.82) is 0 Å². The maximum absolute atomic E-state index is 13.7. The highest BCUT2D eigenvalue weighted by Crippen LogP contribution is 2.28. The lowest BCUT2D eigenvalue weighted by atomic mass is 10.2. The number of alkyl halides is 1. The van der Waals surface area contributed by atoms with Crippen LogP contribution in [0.3, 0.4) is 0 Å². The molecule has 0 spiro atoms. The van der Waals surface area contributed by atoms with Crippen molar-refractivity contribution >= 4 is 33.2 Å². The van der Waals surface area contributed by atoms with Crippen molar-refractivity contribution in [3.8, 4) is 0 Å². The Bertz CT molecular complexity index is 584. The molecule has 0 aliphatic carbocycles. The first-order valence-corrected chi connectivity index (χ1v) is 8.86. The van der Waals surface area contributed by atoms with Crippen molar-refractivity contribution < 1.29 is 12.8 Å². The van der Waals surface area contributed by atoms with Crippen molar-refractivity contribution in [2.24, 2.45) is 0 Å². The zero-order valence-corrected chi connectivity index (χ0v) is 13.2. The van der Waals surface area contributed by atoms with Gasteiger partial charge in [-0.3, -0.25) is 0 Å². The van der Waals surface area contributed by atoms with E-state index in [0.717, 1.165) is 31.7 Å². The molecule has 112 valence electrons. The second kappa shape index (κ2) is 6.60. The molecule has 1 aliphatic rings. The molecule has 1 aromatic carbocycles. The van der Waals surface area contributed by atoms with Gasteiger partial charge in [-0.25, -0.2) is 12.8 Å². The lowest BCUT2D eigenvalue weighted by Gasteiger charge is -2.20. The number of halogens is 3. The smallest absolute Gasteiger partial charge is 0.207 e. The molecular weight excluding hydrogens is 324 g/mol. The van der Waals surface area contributed by atoms with E-state index in [-0.39, 0.29) is 15.8 Å². The zero-order chi connectivity index (χ0) is 14.8. The summed E-state index contributed by atoms with van der Waals surface area (Å²) >= 11 is 11.4. The van der Waals surface area contributed by atoms with Crippen LogP contribution in [0.2, 0.25) is 5.02 Å². The Kier molecular flexibility index (Phi) is 5.29. The Labute approximate surface area is 128 Å². The summed E-state index contributed by atoms with van der Waals surface area (Å²) in [5, 5.41) is -0.116. The summed E-state index contributed by atoms with van der Waals surface area (Å²) in [5.41, 5.74) is 0.293. The first-order valence-electron chi connectivity index (χ1n) is 6.51. The fourth-order valence-corrected chi connectivity index (χ4v) is 4.33. The van der Waals surface area contributed by atoms with Crippen LogP contribution < -0.4 is 0 Å². The normalized spacial score (nSPS) is 17.9. The van der Waals surface area contributed by atoms with E-state index >= 15 is 0 Å². The quantitative estimate of drug-likeness (QED) is 0.786. The zero-order valence-electron chi connectivity index (χ0n) is 10.9. The first kappa shape index (κ1) is 16.0. The predicted octanol–water partition coefficient (Wildman–Crippen LogP) is 3.78. The van der Waals surface area contributed by atoms with Gasteiger partial charge in [-0.05, 0) is 30.5 Å². The van der Waals surface area contributed by atoms with Crippen LogP contribution in [0, 0.1) is 5.82 Å². The molecule has 2 rings (SSSR count). The van der Waals surface area contributed by atoms with Gasteiger partial charge in [-0.1, -0.05) is 24.4 Å². The van der Waals surface area contributed by atoms with E-state index < -0.39 is 15.8 Å². The van der Waals surface area contributed by atoms with Crippen molar-refractivity contribution in [2.45, 2.75) is 36.5 Å². The van der Waals surface area contributed by atoms with Gasteiger partial charge in [-0.15, -0.1) is 11.6 Å². The van der Waals surface area contributed by atoms with Crippen LogP contribution in [-0.4, -0.2) is 25.8 Å². The Morgan fingerprint density at radius 3 is 2.30 bits per heavy atom. The van der Waals surface area contributed by atoms with Gasteiger partial charge in [0.25, 0.3) is 0 Å². The van der Waals surface area contributed by atoms with E-state index in [9.17, 15) is 12.8 Å². The minimum atomic E-state index is -3.68. The third-order valence-electron chi connectivity index (χ3n) is 3.42. The monoisotopic (exact) mass is 339 g/mol. The fraction of sp³-hybridized carbons (Fsp3) is 0.538. The summed E-state index contributed by atoms with van der Waals surface area (Å²) in [7, 11) is -3.68. The molecule has 0 atom stereocenters. The summed E-state index contributed by atoms with van der Waals surface area (Å²) in [6.45, 7) is 0.950. The Morgan fingerprint density at radius 2 is 1.75 bits per heavy atom. The molecule has 1 aliphatic heterocycles. The average molecular weight is 340 g/mol. The largest absolute Gasteiger partial charge is 0.243 e. The molecule has 3 nitrogen and oxygen atoms in total. The third-order valence-corrected chi connectivity index (χ3v) is 6.01. The highest BCUT2D eigenvalue weighted by atomic mass is 35.5. The van der Waals surface area contributed by atoms with Gasteiger partial charge < -0.3 is 0 Å². The molecular formula is C13H16Cl2FNO2S. The summed E-state index contributed by atoms with van der Waals surface area (Å²) < 4.78 is 40.2. The average Bonchev–Trinajstić information content (AvgIpc) is 2.71. The number of nitrogens with zero attached hydrogens (tertiary/aromatic N) is 1. The molecule has 7 heteroatoms. The molecule has 20 heavy (non-hydrogen) atoms. The molecule has 1 fully saturated rings. The van der Waals surface area contributed by atoms with Crippen molar-refractivity contribution in [3.63, 3.8) is 0 Å². The highest BCUT2D eigenvalue weighted by molar-refractivity contribution is 7.89. The standard InChI is InChI=1S/C13H16Cl2FNO2S/c14-9-10-7-11(8-12(16)13(10)15)20(18,19)17-5-3-1-2-4-6-17/h7-8H,1-6,9H2. The number of hydrogen-bond acceptors (Lipinski definition) is 2. The molecule has 1 saturated heterocycles. The van der Waals surface area contributed by atoms with Crippen LogP contribution in [0.15, 0.2) is 17.0 Å². The third kappa shape index (κ3) is 3.27. The van der Waals surface area contributed by atoms with E-state index in [1.807, 2.05) is 0 Å². The van der Waals surface area contributed by atoms with Crippen LogP contribution in [0.25, 0.3) is 0 Å². The van der Waals surface area contributed by atoms with Gasteiger partial charge in [0.05, 0.1) is 9.92 Å². The molecule has 0 amide bonds. The number of hydrogen-bond donors (Lipinski definition) is 0. The van der Waals surface area contributed by atoms with Crippen LogP contribution >= 0.6 is 23.2 Å². The van der Waals surface area contributed by atoms with E-state index in [0.29, 0.717) is 18.7 Å². The Hall–Kier alpha value is -0.360. The van der Waals surface area contributed by atoms with Crippen LogP contribution in [-0.2, 0) is 15.9 Å². The van der Waals surface area contributed by atoms with Crippen molar-refractivity contribution in [2.75, 3.05) is 13.1 Å². The van der Waals surface area contributed by atoms with E-state index in [4.69, 9.17) is 23.2 Å². The second-order valence-electron chi connectivity index (χ2n) is 4.83. The summed E-state index contributed by atoms with van der Waals surface area (Å²) in [5.74, 6) is -0.780. The highest BCUT2D eigenvalue weighted by Gasteiger charge is 2.26. The number of sulfonamides is 1. The van der Waals surface area contributed by atoms with Gasteiger partial charge in [0.2, 0.25) is 10.0 Å². The predicted molar refractivity (Wildman–Crippen MR) is 78.2 cm³/mol. The number of rotatable bonds is 3. The van der Waals surface area contributed by atoms with Crippen molar-refractivity contribution in [3.05, 3.63) is 28.5 Å². The van der Waals surface area contributed by atoms with Gasteiger partial charge in [0, 0.05) is 19.0 Å². The minimum absolute atomic E-state index is 0.0287. The molecule has 0 N–H and O–H groups in total. The van der Waals surface area contributed by atoms with Gasteiger partial charge in [0.15, 0.2) is 0 Å². The van der Waals surface area contributed by atoms with E-state index in [2.05, 4.69) is 0 Å². The van der Waals surface area contributed by atoms with E-state index in [1.54, 1.807) is 0 Å². The Morgan fingerprint density at radius 1 is 1.15 bits per heavy atom. The molecule has 0 radical (unpaired) electrons. The maximum Gasteiger partial charge on any atom is 0.243 e. The van der Waals surface area contributed by atoms with Crippen LogP contribution in [0.4, 0.5) is 4.39 Å². The topological polar surface area (TPSA) is 37.4 Å². The number of benzene rings is 1. The van der Waals surface area contributed by atoms with Gasteiger partial charge in [-0.2, -0.15) is 4.31 Å². The fourth-order valence-electron chi connectivity index (χ4n) is 2.30. The van der Waals surface area contributed by atoms with Gasteiger partial charge >= 0.3 is 0 Å². The Balaban J connectivity index is 2.40. The lowest BCUT2D eigenvalue weighted by Crippen LogP contribution is -2.32. The SMILES string of the molecule is O=S(=O)(c1cc(F)c(Cl)c(CCl)c1)N1CCCCCC1. The molecule has 1 heterocycles. The second-order valence-corrected chi connectivity index (χ2v) is 7.41.